The molecular formula is C39H40N2O5. The third-order valence-corrected chi connectivity index (χ3v) is 9.96. The summed E-state index contributed by atoms with van der Waals surface area (Å²) in [7, 11) is 0. The van der Waals surface area contributed by atoms with Crippen molar-refractivity contribution in [2.24, 2.45) is 0 Å². The monoisotopic (exact) mass is 616 g/mol. The predicted molar refractivity (Wildman–Crippen MR) is 174 cm³/mol. The summed E-state index contributed by atoms with van der Waals surface area (Å²) in [4.78, 5) is 24.2. The molecule has 2 aromatic carbocycles. The Hall–Kier alpha value is -3.75. The second kappa shape index (κ2) is 13.2. The maximum Gasteiger partial charge on any atom is 0.230 e. The van der Waals surface area contributed by atoms with Crippen LogP contribution in [0.1, 0.15) is 114 Å². The second-order valence-electron chi connectivity index (χ2n) is 12.8. The van der Waals surface area contributed by atoms with Gasteiger partial charge in [0.05, 0.1) is 24.4 Å². The van der Waals surface area contributed by atoms with E-state index in [-0.39, 0.29) is 30.2 Å². The molecule has 0 bridgehead atoms. The zero-order chi connectivity index (χ0) is 30.9. The van der Waals surface area contributed by atoms with Crippen LogP contribution in [-0.2, 0) is 18.9 Å². The molecule has 4 unspecified atom stereocenters. The van der Waals surface area contributed by atoms with Gasteiger partial charge in [0.25, 0.3) is 0 Å². The number of carbonyl (C=O) groups excluding carboxylic acids is 1. The molecule has 4 fully saturated rings. The van der Waals surface area contributed by atoms with Crippen molar-refractivity contribution in [3.8, 4) is 22.3 Å². The van der Waals surface area contributed by atoms with Gasteiger partial charge in [0.15, 0.2) is 0 Å². The summed E-state index contributed by atoms with van der Waals surface area (Å²) in [5.74, 6) is -0.201. The Labute approximate surface area is 270 Å². The van der Waals surface area contributed by atoms with Crippen LogP contribution in [0, 0.1) is 0 Å². The summed E-state index contributed by atoms with van der Waals surface area (Å²) in [6, 6.07) is 20.5. The van der Waals surface area contributed by atoms with Crippen molar-refractivity contribution < 1.29 is 23.7 Å². The van der Waals surface area contributed by atoms with Gasteiger partial charge in [0.1, 0.15) is 11.4 Å². The summed E-state index contributed by atoms with van der Waals surface area (Å²) in [5, 5.41) is 0. The molecule has 0 amide bonds. The van der Waals surface area contributed by atoms with Crippen LogP contribution in [0.3, 0.4) is 0 Å². The Kier molecular flexibility index (Phi) is 8.48. The topological polar surface area (TPSA) is 79.8 Å². The van der Waals surface area contributed by atoms with Crippen LogP contribution in [0.25, 0.3) is 22.3 Å². The highest BCUT2D eigenvalue weighted by molar-refractivity contribution is 6.14. The Balaban J connectivity index is 1.25. The molecule has 8 rings (SSSR count). The molecule has 4 aliphatic heterocycles. The summed E-state index contributed by atoms with van der Waals surface area (Å²) in [6.07, 6.45) is 11.3. The molecule has 0 aliphatic carbocycles. The SMILES string of the molecule is O=C(c1ncccc1-c1cccc(C2CCCO2)c1C1CCCO1)c1ncccc1-c1cccc(C2CCCO2)c1C1CCCO1. The van der Waals surface area contributed by atoms with Gasteiger partial charge in [0, 0.05) is 49.9 Å². The fraction of sp³-hybridized carbons (Fsp3) is 0.410. The first-order chi connectivity index (χ1) is 22.8. The van der Waals surface area contributed by atoms with E-state index in [1.165, 1.54) is 0 Å². The lowest BCUT2D eigenvalue weighted by Crippen LogP contribution is -2.14. The Morgan fingerprint density at radius 3 is 1.28 bits per heavy atom. The number of aromatic nitrogens is 2. The average Bonchev–Trinajstić information content (AvgIpc) is 3.95. The third-order valence-electron chi connectivity index (χ3n) is 9.96. The van der Waals surface area contributed by atoms with Crippen LogP contribution < -0.4 is 0 Å². The van der Waals surface area contributed by atoms with Gasteiger partial charge in [-0.2, -0.15) is 0 Å². The second-order valence-corrected chi connectivity index (χ2v) is 12.8. The number of hydrogen-bond acceptors (Lipinski definition) is 7. The fourth-order valence-electron chi connectivity index (χ4n) is 7.89. The van der Waals surface area contributed by atoms with Gasteiger partial charge in [-0.05, 0) is 96.9 Å². The summed E-state index contributed by atoms with van der Waals surface area (Å²) < 4.78 is 24.9. The van der Waals surface area contributed by atoms with Crippen LogP contribution >= 0.6 is 0 Å². The molecule has 4 saturated heterocycles. The highest BCUT2D eigenvalue weighted by Gasteiger charge is 2.33. The van der Waals surface area contributed by atoms with Crippen molar-refractivity contribution in [2.45, 2.75) is 75.8 Å². The molecule has 4 aliphatic rings. The molecule has 0 radical (unpaired) electrons. The number of carbonyl (C=O) groups is 1. The van der Waals surface area contributed by atoms with Gasteiger partial charge < -0.3 is 18.9 Å². The molecule has 7 nitrogen and oxygen atoms in total. The molecule has 0 N–H and O–H groups in total. The van der Waals surface area contributed by atoms with Gasteiger partial charge in [-0.15, -0.1) is 0 Å². The van der Waals surface area contributed by atoms with E-state index in [1.807, 2.05) is 24.3 Å². The third kappa shape index (κ3) is 5.49. The zero-order valence-corrected chi connectivity index (χ0v) is 26.2. The minimum Gasteiger partial charge on any atom is -0.374 e. The van der Waals surface area contributed by atoms with Crippen molar-refractivity contribution >= 4 is 5.78 Å². The molecular weight excluding hydrogens is 576 g/mol. The molecule has 4 aromatic rings. The van der Waals surface area contributed by atoms with Gasteiger partial charge >= 0.3 is 0 Å². The number of benzene rings is 2. The minimum atomic E-state index is -0.201. The van der Waals surface area contributed by atoms with Crippen molar-refractivity contribution in [1.82, 2.24) is 9.97 Å². The van der Waals surface area contributed by atoms with Crippen LogP contribution in [0.4, 0.5) is 0 Å². The number of rotatable bonds is 8. The first-order valence-electron chi connectivity index (χ1n) is 17.0. The zero-order valence-electron chi connectivity index (χ0n) is 26.2. The molecule has 236 valence electrons. The normalized spacial score (nSPS) is 24.5. The molecule has 4 atom stereocenters. The molecule has 7 heteroatoms. The Morgan fingerprint density at radius 2 is 0.891 bits per heavy atom. The quantitative estimate of drug-likeness (QED) is 0.184. The summed E-state index contributed by atoms with van der Waals surface area (Å²) in [6.45, 7) is 3.00. The summed E-state index contributed by atoms with van der Waals surface area (Å²) >= 11 is 0. The van der Waals surface area contributed by atoms with E-state index < -0.39 is 0 Å². The number of nitrogens with zero attached hydrogens (tertiary/aromatic N) is 2. The van der Waals surface area contributed by atoms with E-state index in [1.54, 1.807) is 12.4 Å². The Morgan fingerprint density at radius 1 is 0.500 bits per heavy atom. The van der Waals surface area contributed by atoms with Gasteiger partial charge in [-0.1, -0.05) is 48.5 Å². The van der Waals surface area contributed by atoms with Gasteiger partial charge in [0.2, 0.25) is 5.78 Å². The van der Waals surface area contributed by atoms with E-state index in [9.17, 15) is 4.79 Å². The van der Waals surface area contributed by atoms with Crippen molar-refractivity contribution in [2.75, 3.05) is 26.4 Å². The lowest BCUT2D eigenvalue weighted by Gasteiger charge is -2.24. The standard InChI is InChI=1S/C39H40N2O5/c42-39(37-27(13-3-19-40-37)25-9-1-11-29(31-15-5-21-43-31)35(25)33-17-7-23-45-33)38-28(14-4-20-41-38)26-10-2-12-30(32-16-6-22-44-32)36(26)34-18-8-24-46-34/h1-4,9-14,19-20,31-34H,5-8,15-18,21-24H2. The van der Waals surface area contributed by atoms with E-state index in [4.69, 9.17) is 28.9 Å². The van der Waals surface area contributed by atoms with E-state index in [0.29, 0.717) is 11.4 Å². The number of ether oxygens (including phenoxy) is 4. The van der Waals surface area contributed by atoms with E-state index in [0.717, 1.165) is 122 Å². The number of ketones is 1. The lowest BCUT2D eigenvalue weighted by atomic mass is 9.85. The van der Waals surface area contributed by atoms with Crippen molar-refractivity contribution in [3.05, 3.63) is 107 Å². The molecule has 2 aromatic heterocycles. The highest BCUT2D eigenvalue weighted by atomic mass is 16.5. The molecule has 46 heavy (non-hydrogen) atoms. The van der Waals surface area contributed by atoms with Crippen molar-refractivity contribution in [1.29, 1.82) is 0 Å². The maximum atomic E-state index is 14.7. The average molecular weight is 617 g/mol. The highest BCUT2D eigenvalue weighted by Crippen LogP contribution is 2.45. The molecule has 0 spiro atoms. The number of pyridine rings is 2. The Bertz CT molecular complexity index is 1590. The van der Waals surface area contributed by atoms with Crippen LogP contribution in [0.5, 0.6) is 0 Å². The molecule has 0 saturated carbocycles. The maximum absolute atomic E-state index is 14.7. The first kappa shape index (κ1) is 29.6. The van der Waals surface area contributed by atoms with E-state index in [2.05, 4.69) is 36.4 Å². The van der Waals surface area contributed by atoms with E-state index >= 15 is 0 Å². The van der Waals surface area contributed by atoms with Gasteiger partial charge in [-0.3, -0.25) is 14.8 Å². The fourth-order valence-corrected chi connectivity index (χ4v) is 7.89. The van der Waals surface area contributed by atoms with Gasteiger partial charge in [-0.25, -0.2) is 0 Å². The predicted octanol–water partition coefficient (Wildman–Crippen LogP) is 8.45. The first-order valence-corrected chi connectivity index (χ1v) is 17.0. The molecule has 6 heterocycles. The number of hydrogen-bond donors (Lipinski definition) is 0. The smallest absolute Gasteiger partial charge is 0.230 e. The van der Waals surface area contributed by atoms with Crippen LogP contribution in [0.15, 0.2) is 73.1 Å². The minimum absolute atomic E-state index is 0.0321. The van der Waals surface area contributed by atoms with Crippen LogP contribution in [0.2, 0.25) is 0 Å². The van der Waals surface area contributed by atoms with Crippen molar-refractivity contribution in [3.63, 3.8) is 0 Å². The lowest BCUT2D eigenvalue weighted by molar-refractivity contribution is 0.0944. The largest absolute Gasteiger partial charge is 0.374 e. The summed E-state index contributed by atoms with van der Waals surface area (Å²) in [5.41, 5.74) is 8.90. The van der Waals surface area contributed by atoms with Crippen LogP contribution in [-0.4, -0.2) is 42.2 Å².